The van der Waals surface area contributed by atoms with Crippen molar-refractivity contribution >= 4 is 37.5 Å². The third-order valence-electron chi connectivity index (χ3n) is 5.32. The molecule has 1 fully saturated rings. The van der Waals surface area contributed by atoms with Crippen LogP contribution in [0, 0.1) is 0 Å². The first-order valence-electron chi connectivity index (χ1n) is 9.57. The zero-order valence-corrected chi connectivity index (χ0v) is 18.3. The first kappa shape index (κ1) is 20.0. The van der Waals surface area contributed by atoms with Crippen molar-refractivity contribution in [3.63, 3.8) is 0 Å². The fourth-order valence-corrected chi connectivity index (χ4v) is 5.88. The first-order valence-corrected chi connectivity index (χ1v) is 11.8. The Hall–Kier alpha value is -2.29. The standard InChI is InChI=1S/C21H23N3O3S2/c1-4-14-6-5-7-18-19(14)23(2)21(28-18)22-20(25)15-8-12-17(13-9-15)29(26,27)24(3)16-10-11-16/h5-9,12-13,16H,4,10-11H2,1-3H3. The molecular formula is C21H23N3O3S2. The summed E-state index contributed by atoms with van der Waals surface area (Å²) in [5.74, 6) is -0.385. The van der Waals surface area contributed by atoms with Gasteiger partial charge in [0.25, 0.3) is 5.91 Å². The number of hydrogen-bond acceptors (Lipinski definition) is 4. The van der Waals surface area contributed by atoms with E-state index >= 15 is 0 Å². The molecule has 1 aromatic heterocycles. The lowest BCUT2D eigenvalue weighted by molar-refractivity contribution is 0.0998. The number of nitrogens with zero attached hydrogens (tertiary/aromatic N) is 3. The predicted octanol–water partition coefficient (Wildman–Crippen LogP) is 3.33. The second-order valence-electron chi connectivity index (χ2n) is 7.25. The minimum absolute atomic E-state index is 0.0947. The van der Waals surface area contributed by atoms with Crippen LogP contribution < -0.4 is 4.80 Å². The van der Waals surface area contributed by atoms with Gasteiger partial charge in [-0.3, -0.25) is 4.79 Å². The van der Waals surface area contributed by atoms with Crippen molar-refractivity contribution in [3.8, 4) is 0 Å². The summed E-state index contributed by atoms with van der Waals surface area (Å²) in [6.07, 6.45) is 2.70. The van der Waals surface area contributed by atoms with E-state index in [0.717, 1.165) is 29.5 Å². The van der Waals surface area contributed by atoms with Crippen LogP contribution >= 0.6 is 11.3 Å². The molecule has 1 aliphatic carbocycles. The third kappa shape index (κ3) is 3.68. The molecule has 0 radical (unpaired) electrons. The number of rotatable bonds is 5. The molecule has 0 atom stereocenters. The molecule has 0 saturated heterocycles. The maximum atomic E-state index is 12.7. The molecule has 29 heavy (non-hydrogen) atoms. The summed E-state index contributed by atoms with van der Waals surface area (Å²) in [5.41, 5.74) is 2.67. The molecule has 0 N–H and O–H groups in total. The number of benzene rings is 2. The summed E-state index contributed by atoms with van der Waals surface area (Å²) in [6.45, 7) is 2.10. The van der Waals surface area contributed by atoms with Gasteiger partial charge in [-0.1, -0.05) is 30.4 Å². The highest BCUT2D eigenvalue weighted by atomic mass is 32.2. The minimum atomic E-state index is -3.52. The topological polar surface area (TPSA) is 71.7 Å². The van der Waals surface area contributed by atoms with Gasteiger partial charge in [0.1, 0.15) is 0 Å². The lowest BCUT2D eigenvalue weighted by atomic mass is 10.1. The number of para-hydroxylation sites is 1. The van der Waals surface area contributed by atoms with Crippen molar-refractivity contribution in [2.45, 2.75) is 37.1 Å². The number of carbonyl (C=O) groups excluding carboxylic acids is 1. The van der Waals surface area contributed by atoms with Gasteiger partial charge >= 0.3 is 0 Å². The van der Waals surface area contributed by atoms with Gasteiger partial charge in [-0.25, -0.2) is 8.42 Å². The molecule has 1 heterocycles. The van der Waals surface area contributed by atoms with E-state index in [9.17, 15) is 13.2 Å². The van der Waals surface area contributed by atoms with Gasteiger partial charge in [-0.05, 0) is 55.2 Å². The molecule has 1 saturated carbocycles. The second-order valence-corrected chi connectivity index (χ2v) is 10.3. The van der Waals surface area contributed by atoms with Crippen LogP contribution in [0.1, 0.15) is 35.7 Å². The van der Waals surface area contributed by atoms with Gasteiger partial charge in [-0.15, -0.1) is 0 Å². The lowest BCUT2D eigenvalue weighted by Crippen LogP contribution is -2.28. The molecule has 0 spiro atoms. The normalized spacial score (nSPS) is 15.4. The molecular weight excluding hydrogens is 406 g/mol. The van der Waals surface area contributed by atoms with Crippen LogP contribution in [0.25, 0.3) is 10.2 Å². The van der Waals surface area contributed by atoms with Crippen molar-refractivity contribution in [2.75, 3.05) is 7.05 Å². The zero-order chi connectivity index (χ0) is 20.8. The molecule has 4 rings (SSSR count). The predicted molar refractivity (Wildman–Crippen MR) is 114 cm³/mol. The van der Waals surface area contributed by atoms with E-state index in [4.69, 9.17) is 0 Å². The Morgan fingerprint density at radius 1 is 1.21 bits per heavy atom. The van der Waals surface area contributed by atoms with Crippen molar-refractivity contribution in [3.05, 3.63) is 58.4 Å². The van der Waals surface area contributed by atoms with Gasteiger partial charge in [0.15, 0.2) is 4.80 Å². The lowest BCUT2D eigenvalue weighted by Gasteiger charge is -2.16. The summed E-state index contributed by atoms with van der Waals surface area (Å²) < 4.78 is 29.7. The number of fused-ring (bicyclic) bond motifs is 1. The van der Waals surface area contributed by atoms with Crippen LogP contribution in [0.3, 0.4) is 0 Å². The Bertz CT molecular complexity index is 1250. The van der Waals surface area contributed by atoms with E-state index in [1.807, 2.05) is 23.7 Å². The number of carbonyl (C=O) groups is 1. The van der Waals surface area contributed by atoms with Crippen LogP contribution in [0.4, 0.5) is 0 Å². The van der Waals surface area contributed by atoms with E-state index in [-0.39, 0.29) is 16.8 Å². The molecule has 3 aromatic rings. The van der Waals surface area contributed by atoms with E-state index in [1.54, 1.807) is 7.05 Å². The highest BCUT2D eigenvalue weighted by molar-refractivity contribution is 7.89. The van der Waals surface area contributed by atoms with Crippen molar-refractivity contribution in [2.24, 2.45) is 12.0 Å². The first-order chi connectivity index (χ1) is 13.8. The maximum Gasteiger partial charge on any atom is 0.279 e. The molecule has 0 aliphatic heterocycles. The van der Waals surface area contributed by atoms with E-state index in [1.165, 1.54) is 45.5 Å². The van der Waals surface area contributed by atoms with Crippen LogP contribution in [0.2, 0.25) is 0 Å². The fourth-order valence-electron chi connectivity index (χ4n) is 3.40. The number of sulfonamides is 1. The monoisotopic (exact) mass is 429 g/mol. The number of amides is 1. The molecule has 6 nitrogen and oxygen atoms in total. The number of thiazole rings is 1. The van der Waals surface area contributed by atoms with Gasteiger partial charge in [0.2, 0.25) is 10.0 Å². The van der Waals surface area contributed by atoms with Crippen LogP contribution in [0.15, 0.2) is 52.4 Å². The molecule has 152 valence electrons. The summed E-state index contributed by atoms with van der Waals surface area (Å²) >= 11 is 1.47. The Labute approximate surface area is 174 Å². The number of aryl methyl sites for hydroxylation is 2. The third-order valence-corrected chi connectivity index (χ3v) is 8.34. The summed E-state index contributed by atoms with van der Waals surface area (Å²) in [7, 11) is -0.00469. The van der Waals surface area contributed by atoms with E-state index in [2.05, 4.69) is 18.0 Å². The molecule has 1 aliphatic rings. The molecule has 8 heteroatoms. The number of hydrogen-bond donors (Lipinski definition) is 0. The zero-order valence-electron chi connectivity index (χ0n) is 16.6. The van der Waals surface area contributed by atoms with Gasteiger partial charge in [0.05, 0.1) is 15.1 Å². The van der Waals surface area contributed by atoms with E-state index in [0.29, 0.717) is 10.4 Å². The molecule has 0 unspecified atom stereocenters. The second kappa shape index (κ2) is 7.51. The quantitative estimate of drug-likeness (QED) is 0.625. The summed E-state index contributed by atoms with van der Waals surface area (Å²) in [4.78, 5) is 17.8. The average molecular weight is 430 g/mol. The Kier molecular flexibility index (Phi) is 5.18. The Balaban J connectivity index is 1.65. The molecule has 1 amide bonds. The van der Waals surface area contributed by atoms with Gasteiger partial charge < -0.3 is 4.57 Å². The summed E-state index contributed by atoms with van der Waals surface area (Å²) in [5, 5.41) is 0. The molecule has 0 bridgehead atoms. The smallest absolute Gasteiger partial charge is 0.279 e. The van der Waals surface area contributed by atoms with Crippen LogP contribution in [-0.2, 0) is 23.5 Å². The summed E-state index contributed by atoms with van der Waals surface area (Å²) in [6, 6.07) is 12.2. The number of aromatic nitrogens is 1. The largest absolute Gasteiger partial charge is 0.319 e. The van der Waals surface area contributed by atoms with Crippen molar-refractivity contribution in [1.82, 2.24) is 8.87 Å². The minimum Gasteiger partial charge on any atom is -0.319 e. The van der Waals surface area contributed by atoms with E-state index < -0.39 is 10.0 Å². The van der Waals surface area contributed by atoms with Crippen LogP contribution in [0.5, 0.6) is 0 Å². The fraction of sp³-hybridized carbons (Fsp3) is 0.333. The molecule has 2 aromatic carbocycles. The Morgan fingerprint density at radius 2 is 1.90 bits per heavy atom. The maximum absolute atomic E-state index is 12.7. The SMILES string of the molecule is CCc1cccc2sc(=NC(=O)c3ccc(S(=O)(=O)N(C)C4CC4)cc3)n(C)c12. The Morgan fingerprint density at radius 3 is 2.52 bits per heavy atom. The highest BCUT2D eigenvalue weighted by Crippen LogP contribution is 2.30. The van der Waals surface area contributed by atoms with Crippen molar-refractivity contribution in [1.29, 1.82) is 0 Å². The van der Waals surface area contributed by atoms with Gasteiger partial charge in [-0.2, -0.15) is 9.30 Å². The average Bonchev–Trinajstić information content (AvgIpc) is 3.52. The van der Waals surface area contributed by atoms with Gasteiger partial charge in [0, 0.05) is 25.7 Å². The van der Waals surface area contributed by atoms with Crippen LogP contribution in [-0.4, -0.2) is 36.3 Å². The van der Waals surface area contributed by atoms with Crippen molar-refractivity contribution < 1.29 is 13.2 Å². The highest BCUT2D eigenvalue weighted by Gasteiger charge is 2.35.